The topological polar surface area (TPSA) is 29.3 Å². The van der Waals surface area contributed by atoms with E-state index in [9.17, 15) is 13.2 Å². The molecule has 2 nitrogen and oxygen atoms in total. The van der Waals surface area contributed by atoms with E-state index in [4.69, 9.17) is 28.9 Å². The van der Waals surface area contributed by atoms with Gasteiger partial charge in [0, 0.05) is 39.8 Å². The fourth-order valence-corrected chi connectivity index (χ4v) is 4.44. The zero-order valence-corrected chi connectivity index (χ0v) is 16.7. The molecule has 1 heterocycles. The summed E-state index contributed by atoms with van der Waals surface area (Å²) in [5, 5.41) is 0.397. The predicted molar refractivity (Wildman–Crippen MR) is 103 cm³/mol. The van der Waals surface area contributed by atoms with Crippen LogP contribution in [0.15, 0.2) is 40.9 Å². The maximum absolute atomic E-state index is 14.1. The number of halogens is 6. The lowest BCUT2D eigenvalue weighted by molar-refractivity contribution is -0.184. The van der Waals surface area contributed by atoms with Gasteiger partial charge >= 0.3 is 6.18 Å². The van der Waals surface area contributed by atoms with Crippen LogP contribution >= 0.6 is 39.1 Å². The molecular weight excluding hydrogens is 452 g/mol. The van der Waals surface area contributed by atoms with Gasteiger partial charge in [0.1, 0.15) is 5.41 Å². The molecule has 0 saturated carbocycles. The van der Waals surface area contributed by atoms with Gasteiger partial charge in [0.25, 0.3) is 0 Å². The van der Waals surface area contributed by atoms with Crippen LogP contribution in [0.5, 0.6) is 0 Å². The summed E-state index contributed by atoms with van der Waals surface area (Å²) < 4.78 is 43.1. The normalized spacial score (nSPS) is 20.7. The van der Waals surface area contributed by atoms with Gasteiger partial charge in [-0.2, -0.15) is 13.2 Å². The largest absolute Gasteiger partial charge is 0.400 e. The first kappa shape index (κ1) is 19.8. The molecule has 2 aromatic rings. The smallest absolute Gasteiger partial charge is 0.370 e. The summed E-state index contributed by atoms with van der Waals surface area (Å²) in [6.45, 7) is 0.438. The molecule has 0 bridgehead atoms. The predicted octanol–water partition coefficient (Wildman–Crippen LogP) is 5.93. The Morgan fingerprint density at radius 3 is 2.31 bits per heavy atom. The highest BCUT2D eigenvalue weighted by Crippen LogP contribution is 2.49. The van der Waals surface area contributed by atoms with Crippen molar-refractivity contribution in [3.63, 3.8) is 0 Å². The first-order valence-corrected chi connectivity index (χ1v) is 9.48. The van der Waals surface area contributed by atoms with Crippen LogP contribution in [0.25, 0.3) is 0 Å². The molecule has 140 valence electrons. The highest BCUT2D eigenvalue weighted by molar-refractivity contribution is 9.10. The van der Waals surface area contributed by atoms with Crippen LogP contribution in [-0.2, 0) is 12.0 Å². The second kappa shape index (κ2) is 7.23. The molecule has 1 unspecified atom stereocenters. The van der Waals surface area contributed by atoms with Crippen molar-refractivity contribution >= 4 is 44.8 Å². The molecule has 0 aromatic heterocycles. The van der Waals surface area contributed by atoms with Gasteiger partial charge in [-0.25, -0.2) is 0 Å². The van der Waals surface area contributed by atoms with E-state index in [0.29, 0.717) is 12.2 Å². The van der Waals surface area contributed by atoms with Crippen LogP contribution in [0.3, 0.4) is 0 Å². The highest BCUT2D eigenvalue weighted by Gasteiger charge is 2.59. The number of benzene rings is 2. The van der Waals surface area contributed by atoms with Gasteiger partial charge < -0.3 is 10.6 Å². The molecule has 0 spiro atoms. The molecule has 0 aliphatic carbocycles. The van der Waals surface area contributed by atoms with Crippen LogP contribution in [-0.4, -0.2) is 19.3 Å². The molecule has 8 heteroatoms. The molecule has 1 atom stereocenters. The molecule has 1 aliphatic rings. The molecule has 2 aromatic carbocycles. The van der Waals surface area contributed by atoms with Crippen molar-refractivity contribution in [1.29, 1.82) is 0 Å². The number of nitrogens with two attached hydrogens (primary N) is 1. The number of rotatable bonds is 3. The van der Waals surface area contributed by atoms with Crippen molar-refractivity contribution < 1.29 is 13.2 Å². The van der Waals surface area contributed by atoms with Crippen LogP contribution in [0.2, 0.25) is 10.0 Å². The first-order chi connectivity index (χ1) is 12.2. The maximum Gasteiger partial charge on any atom is 0.400 e. The average Bonchev–Trinajstić information content (AvgIpc) is 3.00. The van der Waals surface area contributed by atoms with Gasteiger partial charge in [0.05, 0.1) is 0 Å². The Hall–Kier alpha value is -0.950. The van der Waals surface area contributed by atoms with Gasteiger partial charge in [-0.1, -0.05) is 45.2 Å². The third kappa shape index (κ3) is 3.57. The van der Waals surface area contributed by atoms with E-state index >= 15 is 0 Å². The summed E-state index contributed by atoms with van der Waals surface area (Å²) in [6.07, 6.45) is -4.49. The molecule has 3 rings (SSSR count). The van der Waals surface area contributed by atoms with E-state index in [1.165, 1.54) is 18.2 Å². The monoisotopic (exact) mass is 466 g/mol. The lowest BCUT2D eigenvalue weighted by Gasteiger charge is -2.33. The summed E-state index contributed by atoms with van der Waals surface area (Å²) >= 11 is 15.4. The van der Waals surface area contributed by atoms with Gasteiger partial charge in [-0.3, -0.25) is 0 Å². The zero-order valence-electron chi connectivity index (χ0n) is 13.6. The Bertz CT molecular complexity index is 808. The van der Waals surface area contributed by atoms with E-state index in [-0.39, 0.29) is 35.1 Å². The SMILES string of the molecule is NCc1ccc(N2CCC(c3cc(Cl)cc(Cl)c3)(C(F)(F)F)C2)cc1Br. The van der Waals surface area contributed by atoms with Crippen LogP contribution in [0.4, 0.5) is 18.9 Å². The van der Waals surface area contributed by atoms with Gasteiger partial charge in [-0.05, 0) is 47.9 Å². The number of hydrogen-bond acceptors (Lipinski definition) is 2. The standard InChI is InChI=1S/C18H16BrCl2F3N2/c19-16-8-15(2-1-11(16)9-25)26-4-3-17(10-26,18(22,23)24)12-5-13(20)7-14(21)6-12/h1-2,5-8H,3-4,9-10,25H2. The van der Waals surface area contributed by atoms with Crippen molar-refractivity contribution in [2.24, 2.45) is 5.73 Å². The molecule has 1 saturated heterocycles. The van der Waals surface area contributed by atoms with Crippen molar-refractivity contribution in [2.45, 2.75) is 24.6 Å². The lowest BCUT2D eigenvalue weighted by atomic mass is 9.79. The molecule has 1 aliphatic heterocycles. The molecule has 0 radical (unpaired) electrons. The quantitative estimate of drug-likeness (QED) is 0.606. The minimum atomic E-state index is -4.43. The molecule has 0 amide bonds. The Morgan fingerprint density at radius 1 is 1.12 bits per heavy atom. The minimum absolute atomic E-state index is 0.0660. The first-order valence-electron chi connectivity index (χ1n) is 7.93. The Kier molecular flexibility index (Phi) is 5.50. The summed E-state index contributed by atoms with van der Waals surface area (Å²) in [6, 6.07) is 9.58. The van der Waals surface area contributed by atoms with Gasteiger partial charge in [-0.15, -0.1) is 0 Å². The summed E-state index contributed by atoms with van der Waals surface area (Å²) in [7, 11) is 0. The third-order valence-corrected chi connectivity index (χ3v) is 6.02. The second-order valence-electron chi connectivity index (χ2n) is 6.39. The number of hydrogen-bond donors (Lipinski definition) is 1. The summed E-state index contributed by atoms with van der Waals surface area (Å²) in [5.74, 6) is 0. The Labute approximate surface area is 168 Å². The minimum Gasteiger partial charge on any atom is -0.370 e. The maximum atomic E-state index is 14.1. The van der Waals surface area contributed by atoms with Crippen LogP contribution in [0, 0.1) is 0 Å². The Balaban J connectivity index is 2.00. The highest BCUT2D eigenvalue weighted by atomic mass is 79.9. The van der Waals surface area contributed by atoms with Crippen molar-refractivity contribution in [1.82, 2.24) is 0 Å². The fourth-order valence-electron chi connectivity index (χ4n) is 3.39. The summed E-state index contributed by atoms with van der Waals surface area (Å²) in [5.41, 5.74) is 5.34. The van der Waals surface area contributed by atoms with Crippen molar-refractivity contribution in [3.8, 4) is 0 Å². The van der Waals surface area contributed by atoms with Gasteiger partial charge in [0.15, 0.2) is 0 Å². The van der Waals surface area contributed by atoms with E-state index in [0.717, 1.165) is 10.0 Å². The van der Waals surface area contributed by atoms with E-state index < -0.39 is 11.6 Å². The van der Waals surface area contributed by atoms with Crippen molar-refractivity contribution in [3.05, 3.63) is 62.0 Å². The zero-order chi connectivity index (χ0) is 19.1. The van der Waals surface area contributed by atoms with E-state index in [2.05, 4.69) is 15.9 Å². The molecule has 26 heavy (non-hydrogen) atoms. The third-order valence-electron chi connectivity index (χ3n) is 4.85. The van der Waals surface area contributed by atoms with E-state index in [1.54, 1.807) is 17.0 Å². The van der Waals surface area contributed by atoms with Crippen LogP contribution in [0.1, 0.15) is 17.5 Å². The van der Waals surface area contributed by atoms with E-state index in [1.807, 2.05) is 6.07 Å². The fraction of sp³-hybridized carbons (Fsp3) is 0.333. The number of nitrogens with zero attached hydrogens (tertiary/aromatic N) is 1. The number of anilines is 1. The van der Waals surface area contributed by atoms with Crippen LogP contribution < -0.4 is 10.6 Å². The lowest BCUT2D eigenvalue weighted by Crippen LogP contribution is -2.44. The van der Waals surface area contributed by atoms with Gasteiger partial charge in [0.2, 0.25) is 0 Å². The summed E-state index contributed by atoms with van der Waals surface area (Å²) in [4.78, 5) is 1.73. The molecular formula is C18H16BrCl2F3N2. The average molecular weight is 468 g/mol. The Morgan fingerprint density at radius 2 is 1.77 bits per heavy atom. The van der Waals surface area contributed by atoms with Crippen molar-refractivity contribution in [2.75, 3.05) is 18.0 Å². The molecule has 2 N–H and O–H groups in total. The number of alkyl halides is 3. The molecule has 1 fully saturated rings. The second-order valence-corrected chi connectivity index (χ2v) is 8.12.